The second-order valence-corrected chi connectivity index (χ2v) is 4.71. The quantitative estimate of drug-likeness (QED) is 0.611. The predicted molar refractivity (Wildman–Crippen MR) is 72.2 cm³/mol. The molecule has 0 amide bonds. The van der Waals surface area contributed by atoms with Gasteiger partial charge < -0.3 is 0 Å². The normalized spacial score (nSPS) is 27.1. The molecule has 0 radical (unpaired) electrons. The molecule has 0 aliphatic heterocycles. The lowest BCUT2D eigenvalue weighted by Crippen LogP contribution is -2.22. The van der Waals surface area contributed by atoms with Crippen molar-refractivity contribution in [3.05, 3.63) is 83.5 Å². The molecule has 0 heteroatoms. The highest BCUT2D eigenvalue weighted by Crippen LogP contribution is 2.52. The Morgan fingerprint density at radius 1 is 0.824 bits per heavy atom. The Bertz CT molecular complexity index is 650. The third-order valence-electron chi connectivity index (χ3n) is 3.87. The van der Waals surface area contributed by atoms with Crippen LogP contribution in [0.5, 0.6) is 0 Å². The van der Waals surface area contributed by atoms with Gasteiger partial charge in [0.15, 0.2) is 0 Å². The van der Waals surface area contributed by atoms with Crippen LogP contribution < -0.4 is 0 Å². The number of allylic oxidation sites excluding steroid dienone is 9. The van der Waals surface area contributed by atoms with Crippen molar-refractivity contribution in [2.75, 3.05) is 0 Å². The highest BCUT2D eigenvalue weighted by atomic mass is 14.4. The van der Waals surface area contributed by atoms with Crippen molar-refractivity contribution in [2.45, 2.75) is 0 Å². The van der Waals surface area contributed by atoms with Crippen LogP contribution in [0.1, 0.15) is 11.1 Å². The summed E-state index contributed by atoms with van der Waals surface area (Å²) in [6.07, 6.45) is 17.8. The van der Waals surface area contributed by atoms with Crippen LogP contribution in [-0.4, -0.2) is 0 Å². The Hall–Kier alpha value is -2.08. The van der Waals surface area contributed by atoms with Crippen LogP contribution in [0.2, 0.25) is 0 Å². The van der Waals surface area contributed by atoms with E-state index in [0.717, 1.165) is 0 Å². The molecular formula is C17H12. The first-order valence-corrected chi connectivity index (χ1v) is 5.98. The second kappa shape index (κ2) is 2.98. The van der Waals surface area contributed by atoms with Crippen molar-refractivity contribution < 1.29 is 0 Å². The number of hydrogen-bond donors (Lipinski definition) is 0. The summed E-state index contributed by atoms with van der Waals surface area (Å²) in [5.74, 6) is 0. The molecule has 1 spiro atoms. The van der Waals surface area contributed by atoms with Crippen molar-refractivity contribution >= 4 is 11.6 Å². The number of rotatable bonds is 0. The maximum absolute atomic E-state index is 2.32. The van der Waals surface area contributed by atoms with E-state index in [2.05, 4.69) is 72.9 Å². The van der Waals surface area contributed by atoms with Gasteiger partial charge in [-0.15, -0.1) is 0 Å². The lowest BCUT2D eigenvalue weighted by Gasteiger charge is -2.35. The minimum Gasteiger partial charge on any atom is -0.0658 e. The zero-order chi connectivity index (χ0) is 11.3. The van der Waals surface area contributed by atoms with Crippen LogP contribution in [0.15, 0.2) is 72.4 Å². The van der Waals surface area contributed by atoms with Crippen LogP contribution in [0.3, 0.4) is 0 Å². The summed E-state index contributed by atoms with van der Waals surface area (Å²) in [5, 5.41) is 0. The fourth-order valence-corrected chi connectivity index (χ4v) is 3.03. The zero-order valence-electron chi connectivity index (χ0n) is 9.43. The van der Waals surface area contributed by atoms with Crippen molar-refractivity contribution in [3.8, 4) is 0 Å². The average molecular weight is 216 g/mol. The second-order valence-electron chi connectivity index (χ2n) is 4.71. The van der Waals surface area contributed by atoms with E-state index in [4.69, 9.17) is 0 Å². The molecule has 3 aliphatic rings. The topological polar surface area (TPSA) is 0 Å². The molecule has 0 bridgehead atoms. The van der Waals surface area contributed by atoms with Gasteiger partial charge in [0.1, 0.15) is 0 Å². The third-order valence-corrected chi connectivity index (χ3v) is 3.87. The first-order valence-electron chi connectivity index (χ1n) is 5.98. The molecule has 3 aliphatic carbocycles. The Balaban J connectivity index is 2.06. The predicted octanol–water partition coefficient (Wildman–Crippen LogP) is 4.15. The maximum Gasteiger partial charge on any atom is 0.0575 e. The molecule has 1 aromatic rings. The summed E-state index contributed by atoms with van der Waals surface area (Å²) in [4.78, 5) is 0. The lowest BCUT2D eigenvalue weighted by molar-refractivity contribution is 0.810. The number of fused-ring (bicyclic) bond motifs is 2. The van der Waals surface area contributed by atoms with Crippen LogP contribution >= 0.6 is 0 Å². The molecule has 0 nitrogen and oxygen atoms in total. The fourth-order valence-electron chi connectivity index (χ4n) is 3.03. The van der Waals surface area contributed by atoms with Crippen molar-refractivity contribution in [1.29, 1.82) is 0 Å². The molecular weight excluding hydrogens is 204 g/mol. The molecule has 0 fully saturated rings. The Morgan fingerprint density at radius 2 is 1.76 bits per heavy atom. The van der Waals surface area contributed by atoms with E-state index in [1.807, 2.05) is 0 Å². The minimum atomic E-state index is 0.00308. The van der Waals surface area contributed by atoms with Gasteiger partial charge >= 0.3 is 0 Å². The van der Waals surface area contributed by atoms with Gasteiger partial charge in [-0.3, -0.25) is 0 Å². The number of benzene rings is 1. The van der Waals surface area contributed by atoms with Gasteiger partial charge in [-0.1, -0.05) is 72.9 Å². The van der Waals surface area contributed by atoms with Gasteiger partial charge in [0.05, 0.1) is 5.41 Å². The molecule has 1 aromatic carbocycles. The molecule has 0 saturated heterocycles. The van der Waals surface area contributed by atoms with Gasteiger partial charge in [0, 0.05) is 0 Å². The number of hydrogen-bond acceptors (Lipinski definition) is 0. The first kappa shape index (κ1) is 9.00. The molecule has 1 atom stereocenters. The van der Waals surface area contributed by atoms with E-state index in [0.29, 0.717) is 0 Å². The summed E-state index contributed by atoms with van der Waals surface area (Å²) in [7, 11) is 0. The van der Waals surface area contributed by atoms with E-state index in [-0.39, 0.29) is 5.41 Å². The Labute approximate surface area is 101 Å². The summed E-state index contributed by atoms with van der Waals surface area (Å²) in [6.45, 7) is 0. The molecule has 1 unspecified atom stereocenters. The summed E-state index contributed by atoms with van der Waals surface area (Å²) < 4.78 is 0. The molecule has 0 saturated carbocycles. The van der Waals surface area contributed by atoms with Crippen molar-refractivity contribution in [2.24, 2.45) is 5.41 Å². The summed E-state index contributed by atoms with van der Waals surface area (Å²) >= 11 is 0. The Morgan fingerprint density at radius 3 is 2.76 bits per heavy atom. The summed E-state index contributed by atoms with van der Waals surface area (Å²) in [5.41, 5.74) is 5.46. The molecule has 0 heterocycles. The smallest absolute Gasteiger partial charge is 0.0575 e. The highest BCUT2D eigenvalue weighted by molar-refractivity contribution is 5.90. The van der Waals surface area contributed by atoms with Crippen molar-refractivity contribution in [3.63, 3.8) is 0 Å². The minimum absolute atomic E-state index is 0.00308. The van der Waals surface area contributed by atoms with Crippen LogP contribution in [-0.2, 0) is 0 Å². The third kappa shape index (κ3) is 1.03. The van der Waals surface area contributed by atoms with Gasteiger partial charge in [0.2, 0.25) is 0 Å². The molecule has 0 N–H and O–H groups in total. The largest absolute Gasteiger partial charge is 0.0658 e. The van der Waals surface area contributed by atoms with E-state index in [9.17, 15) is 0 Å². The standard InChI is InChI=1S/C17H12/c1-2-8-15-13(5-1)10-12-17-11-4-7-14(17)6-3-9-16(15)17/h1-12H. The summed E-state index contributed by atoms with van der Waals surface area (Å²) in [6, 6.07) is 8.61. The SMILES string of the molecule is C1=CC2=CC=CC23C=Cc2ccccc2C3=C1. The van der Waals surface area contributed by atoms with E-state index in [1.165, 1.54) is 22.3 Å². The maximum atomic E-state index is 2.32. The molecule has 0 aromatic heterocycles. The van der Waals surface area contributed by atoms with Crippen LogP contribution in [0.25, 0.3) is 11.6 Å². The lowest BCUT2D eigenvalue weighted by atomic mass is 9.67. The van der Waals surface area contributed by atoms with Gasteiger partial charge in [0.25, 0.3) is 0 Å². The zero-order valence-corrected chi connectivity index (χ0v) is 9.43. The van der Waals surface area contributed by atoms with Crippen molar-refractivity contribution in [1.82, 2.24) is 0 Å². The Kier molecular flexibility index (Phi) is 1.58. The fraction of sp³-hybridized carbons (Fsp3) is 0.0588. The molecule has 4 rings (SSSR count). The van der Waals surface area contributed by atoms with E-state index < -0.39 is 0 Å². The van der Waals surface area contributed by atoms with Gasteiger partial charge in [-0.25, -0.2) is 0 Å². The highest BCUT2D eigenvalue weighted by Gasteiger charge is 2.38. The molecule has 80 valence electrons. The average Bonchev–Trinajstić information content (AvgIpc) is 2.80. The van der Waals surface area contributed by atoms with Gasteiger partial charge in [-0.05, 0) is 22.3 Å². The first-order chi connectivity index (χ1) is 8.40. The van der Waals surface area contributed by atoms with Gasteiger partial charge in [-0.2, -0.15) is 0 Å². The molecule has 17 heavy (non-hydrogen) atoms. The monoisotopic (exact) mass is 216 g/mol. The van der Waals surface area contributed by atoms with Crippen LogP contribution in [0, 0.1) is 5.41 Å². The van der Waals surface area contributed by atoms with E-state index >= 15 is 0 Å². The van der Waals surface area contributed by atoms with E-state index in [1.54, 1.807) is 0 Å². The van der Waals surface area contributed by atoms with Crippen LogP contribution in [0.4, 0.5) is 0 Å².